The number of nitrogens with zero attached hydrogens (tertiary/aromatic N) is 2. The molecule has 0 saturated carbocycles. The minimum Gasteiger partial charge on any atom is -0.497 e. The highest BCUT2D eigenvalue weighted by atomic mass is 32.1. The molecule has 0 fully saturated rings. The van der Waals surface area contributed by atoms with E-state index < -0.39 is 5.97 Å². The lowest BCUT2D eigenvalue weighted by Gasteiger charge is -2.07. The number of aromatic nitrogens is 1. The molecular weight excluding hydrogens is 336 g/mol. The summed E-state index contributed by atoms with van der Waals surface area (Å²) in [4.78, 5) is 16.5. The van der Waals surface area contributed by atoms with Crippen molar-refractivity contribution in [1.29, 1.82) is 0 Å². The third kappa shape index (κ3) is 3.64. The number of aromatic carboxylic acids is 1. The van der Waals surface area contributed by atoms with Crippen LogP contribution in [0.1, 0.15) is 17.3 Å². The number of hydrogen-bond donors (Lipinski definition) is 1. The van der Waals surface area contributed by atoms with Crippen molar-refractivity contribution in [1.82, 2.24) is 4.57 Å². The fourth-order valence-corrected chi connectivity index (χ4v) is 3.52. The molecule has 3 rings (SSSR count). The number of carboxylic acids is 1. The number of ether oxygens (including phenoxy) is 1. The molecule has 5 nitrogen and oxygen atoms in total. The van der Waals surface area contributed by atoms with Crippen LogP contribution in [0.25, 0.3) is 11.3 Å². The Morgan fingerprint density at radius 2 is 2.00 bits per heavy atom. The van der Waals surface area contributed by atoms with E-state index in [2.05, 4.69) is 21.9 Å². The summed E-state index contributed by atoms with van der Waals surface area (Å²) in [5.41, 5.74) is 3.13. The summed E-state index contributed by atoms with van der Waals surface area (Å²) >= 11 is 1.55. The van der Waals surface area contributed by atoms with Crippen LogP contribution in [0.2, 0.25) is 0 Å². The predicted molar refractivity (Wildman–Crippen MR) is 98.6 cm³/mol. The molecule has 0 aliphatic rings. The van der Waals surface area contributed by atoms with Crippen molar-refractivity contribution >= 4 is 23.0 Å². The molecule has 0 spiro atoms. The Morgan fingerprint density at radius 3 is 2.64 bits per heavy atom. The second kappa shape index (κ2) is 7.36. The fraction of sp³-hybridized carbons (Fsp3) is 0.158. The van der Waals surface area contributed by atoms with E-state index in [0.717, 1.165) is 34.0 Å². The van der Waals surface area contributed by atoms with Gasteiger partial charge in [-0.3, -0.25) is 0 Å². The average Bonchev–Trinajstić information content (AvgIpc) is 3.04. The summed E-state index contributed by atoms with van der Waals surface area (Å²) in [6.45, 7) is 2.85. The minimum atomic E-state index is -0.938. The molecule has 128 valence electrons. The van der Waals surface area contributed by atoms with Gasteiger partial charge in [-0.15, -0.1) is 11.3 Å². The molecule has 1 N–H and O–H groups in total. The largest absolute Gasteiger partial charge is 0.497 e. The van der Waals surface area contributed by atoms with Crippen molar-refractivity contribution in [2.24, 2.45) is 4.99 Å². The van der Waals surface area contributed by atoms with Crippen LogP contribution in [-0.2, 0) is 6.54 Å². The van der Waals surface area contributed by atoms with Crippen LogP contribution in [-0.4, -0.2) is 22.8 Å². The molecule has 0 radical (unpaired) electrons. The van der Waals surface area contributed by atoms with Crippen LogP contribution in [0.3, 0.4) is 0 Å². The fourth-order valence-electron chi connectivity index (χ4n) is 2.53. The van der Waals surface area contributed by atoms with E-state index in [1.807, 2.05) is 24.3 Å². The summed E-state index contributed by atoms with van der Waals surface area (Å²) in [6, 6.07) is 14.5. The lowest BCUT2D eigenvalue weighted by Crippen LogP contribution is -2.14. The van der Waals surface area contributed by atoms with Gasteiger partial charge in [-0.25, -0.2) is 9.79 Å². The lowest BCUT2D eigenvalue weighted by molar-refractivity contribution is 0.0697. The Labute approximate surface area is 149 Å². The molecule has 0 aliphatic carbocycles. The molecule has 1 aromatic heterocycles. The highest BCUT2D eigenvalue weighted by Crippen LogP contribution is 2.24. The van der Waals surface area contributed by atoms with Gasteiger partial charge in [0.25, 0.3) is 0 Å². The van der Waals surface area contributed by atoms with E-state index in [1.165, 1.54) is 0 Å². The van der Waals surface area contributed by atoms with Gasteiger partial charge in [0, 0.05) is 17.5 Å². The highest BCUT2D eigenvalue weighted by molar-refractivity contribution is 7.07. The number of carboxylic acid groups (broad SMARTS) is 1. The zero-order valence-corrected chi connectivity index (χ0v) is 14.8. The Kier molecular flexibility index (Phi) is 5.00. The number of benzene rings is 2. The summed E-state index contributed by atoms with van der Waals surface area (Å²) in [6.07, 6.45) is 0. The number of hydrogen-bond acceptors (Lipinski definition) is 4. The molecule has 0 saturated heterocycles. The molecule has 25 heavy (non-hydrogen) atoms. The van der Waals surface area contributed by atoms with Crippen molar-refractivity contribution in [2.45, 2.75) is 13.5 Å². The van der Waals surface area contributed by atoms with Gasteiger partial charge < -0.3 is 14.4 Å². The molecule has 6 heteroatoms. The highest BCUT2D eigenvalue weighted by Gasteiger charge is 2.08. The van der Waals surface area contributed by atoms with Crippen LogP contribution in [0.4, 0.5) is 5.69 Å². The van der Waals surface area contributed by atoms with Gasteiger partial charge in [-0.2, -0.15) is 0 Å². The maximum atomic E-state index is 10.9. The van der Waals surface area contributed by atoms with Crippen molar-refractivity contribution < 1.29 is 14.6 Å². The van der Waals surface area contributed by atoms with E-state index in [4.69, 9.17) is 9.84 Å². The Bertz CT molecular complexity index is 955. The SMILES string of the molecule is CCn1c(-c2cccc(OC)c2)csc1=Nc1ccc(C(=O)O)cc1. The minimum absolute atomic E-state index is 0.255. The molecule has 0 atom stereocenters. The first-order valence-electron chi connectivity index (χ1n) is 7.83. The second-order valence-corrected chi connectivity index (χ2v) is 6.18. The molecule has 1 heterocycles. The first-order valence-corrected chi connectivity index (χ1v) is 8.71. The Morgan fingerprint density at radius 1 is 1.24 bits per heavy atom. The number of carbonyl (C=O) groups is 1. The molecule has 0 unspecified atom stereocenters. The summed E-state index contributed by atoms with van der Waals surface area (Å²) in [5.74, 6) is -0.124. The predicted octanol–water partition coefficient (Wildman–Crippen LogP) is 4.18. The van der Waals surface area contributed by atoms with E-state index in [9.17, 15) is 4.79 Å². The van der Waals surface area contributed by atoms with Crippen LogP contribution in [0, 0.1) is 0 Å². The van der Waals surface area contributed by atoms with Crippen LogP contribution in [0.5, 0.6) is 5.75 Å². The normalized spacial score (nSPS) is 11.5. The van der Waals surface area contributed by atoms with Crippen LogP contribution < -0.4 is 9.54 Å². The van der Waals surface area contributed by atoms with Crippen LogP contribution >= 0.6 is 11.3 Å². The number of rotatable bonds is 5. The molecule has 3 aromatic rings. The summed E-state index contributed by atoms with van der Waals surface area (Å²) in [7, 11) is 1.65. The van der Waals surface area contributed by atoms with Gasteiger partial charge in [0.2, 0.25) is 0 Å². The maximum Gasteiger partial charge on any atom is 0.335 e. The van der Waals surface area contributed by atoms with E-state index in [-0.39, 0.29) is 5.56 Å². The van der Waals surface area contributed by atoms with Gasteiger partial charge in [0.1, 0.15) is 5.75 Å². The first-order chi connectivity index (χ1) is 12.1. The van der Waals surface area contributed by atoms with Crippen molar-refractivity contribution in [3.8, 4) is 17.0 Å². The third-order valence-corrected chi connectivity index (χ3v) is 4.68. The third-order valence-electron chi connectivity index (χ3n) is 3.82. The van der Waals surface area contributed by atoms with Crippen molar-refractivity contribution in [3.63, 3.8) is 0 Å². The number of thiazole rings is 1. The summed E-state index contributed by atoms with van der Waals surface area (Å²) in [5, 5.41) is 11.0. The Hall–Kier alpha value is -2.86. The topological polar surface area (TPSA) is 63.8 Å². The van der Waals surface area contributed by atoms with Gasteiger partial charge in [0.05, 0.1) is 24.1 Å². The molecule has 2 aromatic carbocycles. The first kappa shape index (κ1) is 17.0. The van der Waals surface area contributed by atoms with Crippen molar-refractivity contribution in [2.75, 3.05) is 7.11 Å². The van der Waals surface area contributed by atoms with Crippen LogP contribution in [0.15, 0.2) is 58.9 Å². The van der Waals surface area contributed by atoms with Gasteiger partial charge >= 0.3 is 5.97 Å². The summed E-state index contributed by atoms with van der Waals surface area (Å²) < 4.78 is 7.44. The maximum absolute atomic E-state index is 10.9. The zero-order valence-electron chi connectivity index (χ0n) is 14.0. The second-order valence-electron chi connectivity index (χ2n) is 5.34. The van der Waals surface area contributed by atoms with Gasteiger partial charge in [0.15, 0.2) is 4.80 Å². The molecular formula is C19H18N2O3S. The molecule has 0 amide bonds. The molecule has 0 aliphatic heterocycles. The molecule has 0 bridgehead atoms. The zero-order chi connectivity index (χ0) is 17.8. The number of methoxy groups -OCH3 is 1. The lowest BCUT2D eigenvalue weighted by atomic mass is 10.1. The smallest absolute Gasteiger partial charge is 0.335 e. The van der Waals surface area contributed by atoms with Gasteiger partial charge in [-0.1, -0.05) is 12.1 Å². The quantitative estimate of drug-likeness (QED) is 0.748. The average molecular weight is 354 g/mol. The van der Waals surface area contributed by atoms with E-state index in [1.54, 1.807) is 42.7 Å². The monoisotopic (exact) mass is 354 g/mol. The standard InChI is InChI=1S/C19H18N2O3S/c1-3-21-17(14-5-4-6-16(11-14)24-2)12-25-19(21)20-15-9-7-13(8-10-15)18(22)23/h4-12H,3H2,1-2H3,(H,22,23). The Balaban J connectivity index is 2.03. The van der Waals surface area contributed by atoms with Gasteiger partial charge in [-0.05, 0) is 43.3 Å². The van der Waals surface area contributed by atoms with E-state index in [0.29, 0.717) is 0 Å². The van der Waals surface area contributed by atoms with Crippen molar-refractivity contribution in [3.05, 3.63) is 64.3 Å². The van der Waals surface area contributed by atoms with E-state index >= 15 is 0 Å².